The number of carbonyl (C=O) groups excluding carboxylic acids is 1. The molecule has 5 nitrogen and oxygen atoms in total. The van der Waals surface area contributed by atoms with Gasteiger partial charge in [-0.3, -0.25) is 0 Å². The lowest BCUT2D eigenvalue weighted by Gasteiger charge is -2.40. The fourth-order valence-corrected chi connectivity index (χ4v) is 4.74. The number of carbonyl (C=O) groups is 1. The molecular weight excluding hydrogens is 457 g/mol. The van der Waals surface area contributed by atoms with Gasteiger partial charge in [-0.15, -0.1) is 0 Å². The molecule has 2 unspecified atom stereocenters. The largest absolute Gasteiger partial charge is 0.530 e. The van der Waals surface area contributed by atoms with Crippen LogP contribution >= 0.6 is 0 Å². The lowest BCUT2D eigenvalue weighted by molar-refractivity contribution is -0.268. The first-order valence-corrected chi connectivity index (χ1v) is 12.1. The van der Waals surface area contributed by atoms with Crippen LogP contribution in [0.15, 0.2) is 91.0 Å². The van der Waals surface area contributed by atoms with E-state index in [4.69, 9.17) is 9.47 Å². The van der Waals surface area contributed by atoms with Gasteiger partial charge in [-0.1, -0.05) is 60.7 Å². The van der Waals surface area contributed by atoms with E-state index in [0.717, 1.165) is 33.2 Å². The van der Waals surface area contributed by atoms with Gasteiger partial charge in [-0.05, 0) is 64.2 Å². The summed E-state index contributed by atoms with van der Waals surface area (Å²) in [5.41, 5.74) is 3.03. The van der Waals surface area contributed by atoms with E-state index in [9.17, 15) is 14.3 Å². The van der Waals surface area contributed by atoms with Gasteiger partial charge in [-0.2, -0.15) is 0 Å². The minimum absolute atomic E-state index is 0.0281. The van der Waals surface area contributed by atoms with Crippen molar-refractivity contribution in [1.82, 2.24) is 4.90 Å². The van der Waals surface area contributed by atoms with E-state index in [0.29, 0.717) is 26.2 Å². The third-order valence-electron chi connectivity index (χ3n) is 6.70. The second kappa shape index (κ2) is 10.8. The van der Waals surface area contributed by atoms with Gasteiger partial charge in [0.05, 0.1) is 12.7 Å². The molecule has 1 aliphatic rings. The van der Waals surface area contributed by atoms with Crippen LogP contribution in [0.25, 0.3) is 10.8 Å². The van der Waals surface area contributed by atoms with Crippen LogP contribution in [0.2, 0.25) is 0 Å². The molecule has 4 aromatic carbocycles. The van der Waals surface area contributed by atoms with E-state index in [2.05, 4.69) is 6.07 Å². The molecule has 1 saturated heterocycles. The van der Waals surface area contributed by atoms with Crippen molar-refractivity contribution in [2.75, 3.05) is 13.1 Å². The van der Waals surface area contributed by atoms with Crippen LogP contribution in [0.4, 0.5) is 9.18 Å². The topological polar surface area (TPSA) is 61.8 Å². The Morgan fingerprint density at radius 1 is 0.889 bits per heavy atom. The SMILES string of the molecule is O=C([O-])N1CCC(c2ccc(F)cc2)C(OCc2ccc3ccc(OCc4ccccc4)cc3c2)C1. The average molecular weight is 485 g/mol. The van der Waals surface area contributed by atoms with Crippen LogP contribution in [0.5, 0.6) is 5.75 Å². The molecule has 1 aliphatic heterocycles. The number of piperidine rings is 1. The highest BCUT2D eigenvalue weighted by Gasteiger charge is 2.31. The minimum atomic E-state index is -1.20. The first-order valence-electron chi connectivity index (χ1n) is 12.1. The van der Waals surface area contributed by atoms with E-state index >= 15 is 0 Å². The maximum Gasteiger partial charge on any atom is 0.137 e. The molecule has 0 aromatic heterocycles. The zero-order valence-corrected chi connectivity index (χ0v) is 19.8. The molecule has 0 N–H and O–H groups in total. The number of benzene rings is 4. The van der Waals surface area contributed by atoms with Crippen molar-refractivity contribution in [3.05, 3.63) is 114 Å². The van der Waals surface area contributed by atoms with Crippen molar-refractivity contribution in [3.63, 3.8) is 0 Å². The zero-order chi connectivity index (χ0) is 24.9. The summed E-state index contributed by atoms with van der Waals surface area (Å²) in [7, 11) is 0. The van der Waals surface area contributed by atoms with Crippen LogP contribution in [0, 0.1) is 5.82 Å². The van der Waals surface area contributed by atoms with Crippen molar-refractivity contribution in [2.45, 2.75) is 31.7 Å². The van der Waals surface area contributed by atoms with E-state index in [1.165, 1.54) is 17.0 Å². The van der Waals surface area contributed by atoms with Crippen molar-refractivity contribution in [1.29, 1.82) is 0 Å². The van der Waals surface area contributed by atoms with Crippen molar-refractivity contribution in [3.8, 4) is 5.75 Å². The molecule has 1 heterocycles. The molecule has 0 spiro atoms. The molecule has 36 heavy (non-hydrogen) atoms. The maximum atomic E-state index is 13.4. The number of hydrogen-bond acceptors (Lipinski definition) is 4. The number of hydrogen-bond donors (Lipinski definition) is 0. The first kappa shape index (κ1) is 23.8. The highest BCUT2D eigenvalue weighted by Crippen LogP contribution is 2.32. The fourth-order valence-electron chi connectivity index (χ4n) is 4.74. The van der Waals surface area contributed by atoms with Crippen LogP contribution < -0.4 is 9.84 Å². The Labute approximate surface area is 209 Å². The molecule has 0 saturated carbocycles. The maximum absolute atomic E-state index is 13.4. The standard InChI is InChI=1S/C30H28FNO4/c31-26-11-8-24(9-12-26)28-14-15-32(30(33)34)18-29(28)36-20-22-6-7-23-10-13-27(17-25(23)16-22)35-19-21-4-2-1-3-5-21/h1-13,16-17,28-29H,14-15,18-20H2,(H,33,34)/p-1. The number of amides is 1. The second-order valence-corrected chi connectivity index (χ2v) is 9.13. The third kappa shape index (κ3) is 5.66. The van der Waals surface area contributed by atoms with E-state index < -0.39 is 6.09 Å². The molecule has 1 amide bonds. The molecule has 0 radical (unpaired) electrons. The molecule has 5 rings (SSSR count). The monoisotopic (exact) mass is 484 g/mol. The molecule has 0 bridgehead atoms. The molecule has 184 valence electrons. The summed E-state index contributed by atoms with van der Waals surface area (Å²) in [5, 5.41) is 13.6. The molecule has 1 fully saturated rings. The summed E-state index contributed by atoms with van der Waals surface area (Å²) in [6.45, 7) is 1.41. The van der Waals surface area contributed by atoms with E-state index in [1.54, 1.807) is 12.1 Å². The number of rotatable bonds is 7. The van der Waals surface area contributed by atoms with Crippen molar-refractivity contribution in [2.24, 2.45) is 0 Å². The van der Waals surface area contributed by atoms with Gasteiger partial charge >= 0.3 is 0 Å². The van der Waals surface area contributed by atoms with Gasteiger partial charge in [0, 0.05) is 19.0 Å². The first-order chi connectivity index (χ1) is 17.5. The predicted octanol–water partition coefficient (Wildman–Crippen LogP) is 5.28. The Morgan fingerprint density at radius 2 is 1.67 bits per heavy atom. The third-order valence-corrected chi connectivity index (χ3v) is 6.70. The highest BCUT2D eigenvalue weighted by atomic mass is 19.1. The summed E-state index contributed by atoms with van der Waals surface area (Å²) in [6, 6.07) is 28.5. The fraction of sp³-hybridized carbons (Fsp3) is 0.233. The summed E-state index contributed by atoms with van der Waals surface area (Å²) in [4.78, 5) is 12.8. The summed E-state index contributed by atoms with van der Waals surface area (Å²) in [6.07, 6.45) is -0.974. The molecular formula is C30H27FNO4-. The summed E-state index contributed by atoms with van der Waals surface area (Å²) in [5.74, 6) is 0.462. The normalized spacial score (nSPS) is 17.8. The molecule has 0 aliphatic carbocycles. The lowest BCUT2D eigenvalue weighted by Crippen LogP contribution is -2.51. The van der Waals surface area contributed by atoms with Crippen molar-refractivity contribution >= 4 is 16.9 Å². The summed E-state index contributed by atoms with van der Waals surface area (Å²) >= 11 is 0. The Balaban J connectivity index is 1.30. The molecule has 6 heteroatoms. The van der Waals surface area contributed by atoms with E-state index in [-0.39, 0.29) is 24.4 Å². The number of likely N-dealkylation sites (tertiary alicyclic amines) is 1. The molecule has 4 aromatic rings. The average Bonchev–Trinajstić information content (AvgIpc) is 2.91. The Morgan fingerprint density at radius 3 is 2.44 bits per heavy atom. The van der Waals surface area contributed by atoms with Gasteiger partial charge in [0.15, 0.2) is 0 Å². The highest BCUT2D eigenvalue weighted by molar-refractivity contribution is 5.84. The number of carboxylic acid groups (broad SMARTS) is 1. The lowest BCUT2D eigenvalue weighted by atomic mass is 9.87. The zero-order valence-electron chi connectivity index (χ0n) is 19.8. The smallest absolute Gasteiger partial charge is 0.137 e. The van der Waals surface area contributed by atoms with Gasteiger partial charge < -0.3 is 24.3 Å². The van der Waals surface area contributed by atoms with Gasteiger partial charge in [-0.25, -0.2) is 4.39 Å². The molecule has 2 atom stereocenters. The Bertz CT molecular complexity index is 1330. The van der Waals surface area contributed by atoms with Crippen LogP contribution in [-0.4, -0.2) is 30.2 Å². The quantitative estimate of drug-likeness (QED) is 0.358. The van der Waals surface area contributed by atoms with Crippen LogP contribution in [0.1, 0.15) is 29.0 Å². The van der Waals surface area contributed by atoms with Gasteiger partial charge in [0.25, 0.3) is 0 Å². The second-order valence-electron chi connectivity index (χ2n) is 9.13. The summed E-state index contributed by atoms with van der Waals surface area (Å²) < 4.78 is 25.7. The minimum Gasteiger partial charge on any atom is -0.530 e. The van der Waals surface area contributed by atoms with Crippen LogP contribution in [0.3, 0.4) is 0 Å². The Hall–Kier alpha value is -3.90. The van der Waals surface area contributed by atoms with Crippen molar-refractivity contribution < 1.29 is 23.8 Å². The predicted molar refractivity (Wildman–Crippen MR) is 134 cm³/mol. The van der Waals surface area contributed by atoms with Gasteiger partial charge in [0.2, 0.25) is 0 Å². The number of nitrogens with zero attached hydrogens (tertiary/aromatic N) is 1. The Kier molecular flexibility index (Phi) is 7.14. The number of halogens is 1. The van der Waals surface area contributed by atoms with Gasteiger partial charge in [0.1, 0.15) is 24.3 Å². The number of ether oxygens (including phenoxy) is 2. The van der Waals surface area contributed by atoms with E-state index in [1.807, 2.05) is 60.7 Å². The van der Waals surface area contributed by atoms with Crippen LogP contribution in [-0.2, 0) is 18.0 Å². The number of fused-ring (bicyclic) bond motifs is 1.